The molecule has 196 valence electrons. The van der Waals surface area contributed by atoms with Crippen LogP contribution in [-0.4, -0.2) is 73.5 Å². The maximum atomic E-state index is 12.9. The number of hydrogen-bond donors (Lipinski definition) is 2. The normalized spacial score (nSPS) is 23.5. The summed E-state index contributed by atoms with van der Waals surface area (Å²) in [4.78, 5) is 64.2. The van der Waals surface area contributed by atoms with Crippen LogP contribution in [-0.2, 0) is 33.1 Å². The van der Waals surface area contributed by atoms with Gasteiger partial charge in [0.2, 0.25) is 11.8 Å². The molecular weight excluding hydrogens is 516 g/mol. The van der Waals surface area contributed by atoms with E-state index >= 15 is 0 Å². The molecule has 0 radical (unpaired) electrons. The van der Waals surface area contributed by atoms with E-state index in [0.29, 0.717) is 5.02 Å². The van der Waals surface area contributed by atoms with Crippen LogP contribution in [0, 0.1) is 5.92 Å². The largest absolute Gasteiger partial charge is 0.632 e. The first-order valence-electron chi connectivity index (χ1n) is 11.3. The van der Waals surface area contributed by atoms with Gasteiger partial charge in [0.15, 0.2) is 0 Å². The van der Waals surface area contributed by atoms with Crippen LogP contribution in [0.5, 0.6) is 0 Å². The molecule has 2 N–H and O–H groups in total. The maximum Gasteiger partial charge on any atom is 0.518 e. The quantitative estimate of drug-likeness (QED) is 0.447. The van der Waals surface area contributed by atoms with Crippen molar-refractivity contribution in [2.45, 2.75) is 44.7 Å². The minimum atomic E-state index is -3.10. The second-order valence-electron chi connectivity index (χ2n) is 9.46. The fourth-order valence-electron chi connectivity index (χ4n) is 4.11. The van der Waals surface area contributed by atoms with Crippen LogP contribution in [0.15, 0.2) is 18.2 Å². The van der Waals surface area contributed by atoms with Gasteiger partial charge in [-0.15, -0.1) is 0 Å². The number of nitrogens with one attached hydrogen (secondary N) is 2. The zero-order valence-corrected chi connectivity index (χ0v) is 21.8. The summed E-state index contributed by atoms with van der Waals surface area (Å²) in [5, 5.41) is 5.53. The third kappa shape index (κ3) is 5.93. The van der Waals surface area contributed by atoms with Gasteiger partial charge in [0.05, 0.1) is 30.0 Å². The van der Waals surface area contributed by atoms with E-state index in [1.165, 1.54) is 37.2 Å². The van der Waals surface area contributed by atoms with E-state index in [0.717, 1.165) is 0 Å². The number of fused-ring (bicyclic) bond motifs is 2. The van der Waals surface area contributed by atoms with Gasteiger partial charge in [0.1, 0.15) is 5.60 Å². The van der Waals surface area contributed by atoms with Crippen LogP contribution in [0.4, 0.5) is 0 Å². The van der Waals surface area contributed by atoms with Gasteiger partial charge in [-0.05, 0) is 24.1 Å². The highest BCUT2D eigenvalue weighted by molar-refractivity contribution is 6.68. The molecule has 1 aromatic carbocycles. The van der Waals surface area contributed by atoms with Crippen molar-refractivity contribution in [3.63, 3.8) is 0 Å². The van der Waals surface area contributed by atoms with Gasteiger partial charge < -0.3 is 29.5 Å². The Labute approximate surface area is 218 Å². The fraction of sp³-hybridized carbons (Fsp3) is 0.500. The van der Waals surface area contributed by atoms with Crippen molar-refractivity contribution in [2.75, 3.05) is 20.6 Å². The Hall–Kier alpha value is -2.83. The first-order chi connectivity index (χ1) is 16.8. The SMILES string of the molecule is CC(C)CC(NC(=O)CNC(=O)c1cc(Cl)ccc1Cl)[B-]12OC(=O)C[C@](CC(=O)N(C)C)(O1)C(=O)O2. The van der Waals surface area contributed by atoms with Gasteiger partial charge in [-0.25, -0.2) is 0 Å². The first kappa shape index (κ1) is 27.8. The number of amides is 3. The van der Waals surface area contributed by atoms with E-state index in [2.05, 4.69) is 10.6 Å². The van der Waals surface area contributed by atoms with Gasteiger partial charge in [0.25, 0.3) is 17.8 Å². The molecule has 1 aromatic rings. The summed E-state index contributed by atoms with van der Waals surface area (Å²) in [6.45, 7) is 0.134. The van der Waals surface area contributed by atoms with Crippen LogP contribution in [0.1, 0.15) is 43.5 Å². The van der Waals surface area contributed by atoms with Crippen LogP contribution < -0.4 is 10.6 Å². The molecule has 2 aliphatic rings. The zero-order chi connectivity index (χ0) is 26.8. The highest BCUT2D eigenvalue weighted by Crippen LogP contribution is 2.43. The molecule has 2 fully saturated rings. The summed E-state index contributed by atoms with van der Waals surface area (Å²) in [7, 11) is 3.01. The number of nitrogens with zero attached hydrogens (tertiary/aromatic N) is 1. The summed E-state index contributed by atoms with van der Waals surface area (Å²) in [5.74, 6) is -4.54. The molecule has 14 heteroatoms. The van der Waals surface area contributed by atoms with Gasteiger partial charge in [-0.1, -0.05) is 43.5 Å². The summed E-state index contributed by atoms with van der Waals surface area (Å²) in [6.07, 6.45) is -0.706. The minimum absolute atomic E-state index is 0.0484. The lowest BCUT2D eigenvalue weighted by Gasteiger charge is -2.46. The highest BCUT2D eigenvalue weighted by atomic mass is 35.5. The smallest absolute Gasteiger partial charge is 0.518 e. The molecule has 2 bridgehead atoms. The summed E-state index contributed by atoms with van der Waals surface area (Å²) < 4.78 is 16.8. The lowest BCUT2D eigenvalue weighted by Crippen LogP contribution is -2.65. The van der Waals surface area contributed by atoms with E-state index in [1.54, 1.807) is 0 Å². The fourth-order valence-corrected chi connectivity index (χ4v) is 4.48. The number of carbonyl (C=O) groups excluding carboxylic acids is 5. The third-order valence-corrected chi connectivity index (χ3v) is 6.41. The van der Waals surface area contributed by atoms with Crippen molar-refractivity contribution in [1.29, 1.82) is 0 Å². The molecule has 36 heavy (non-hydrogen) atoms. The van der Waals surface area contributed by atoms with Crippen molar-refractivity contribution in [3.05, 3.63) is 33.8 Å². The van der Waals surface area contributed by atoms with Crippen molar-refractivity contribution < 1.29 is 37.9 Å². The van der Waals surface area contributed by atoms with Gasteiger partial charge in [0, 0.05) is 25.1 Å². The number of rotatable bonds is 9. The van der Waals surface area contributed by atoms with Crippen LogP contribution >= 0.6 is 23.2 Å². The Bertz CT molecular complexity index is 1100. The van der Waals surface area contributed by atoms with Crippen molar-refractivity contribution >= 4 is 59.6 Å². The summed E-state index contributed by atoms with van der Waals surface area (Å²) >= 11 is 11.9. The zero-order valence-electron chi connectivity index (χ0n) is 20.3. The Balaban J connectivity index is 1.77. The highest BCUT2D eigenvalue weighted by Gasteiger charge is 2.64. The Kier molecular flexibility index (Phi) is 8.22. The average molecular weight is 543 g/mol. The standard InChI is InChI=1S/C22H27BCl2N3O8/c1-12(2)7-16(27-17(29)11-26-20(32)14-8-13(24)5-6-15(14)25)23-34-19(31)10-22(36-23,21(33)35-23)9-18(30)28(3)4/h5-6,8,12,16H,7,9-11H2,1-4H3,(H,26,32)(H,27,29)/q-1/t16?,22-,23?/m0/s1. The van der Waals surface area contributed by atoms with E-state index < -0.39 is 67.3 Å². The van der Waals surface area contributed by atoms with Gasteiger partial charge >= 0.3 is 6.75 Å². The Morgan fingerprint density at radius 3 is 2.50 bits per heavy atom. The predicted octanol–water partition coefficient (Wildman–Crippen LogP) is 1.47. The third-order valence-electron chi connectivity index (χ3n) is 5.84. The van der Waals surface area contributed by atoms with E-state index in [9.17, 15) is 24.0 Å². The topological polar surface area (TPSA) is 140 Å². The molecule has 11 nitrogen and oxygen atoms in total. The Morgan fingerprint density at radius 2 is 1.86 bits per heavy atom. The van der Waals surface area contributed by atoms with Crippen LogP contribution in [0.2, 0.25) is 10.0 Å². The molecule has 2 unspecified atom stereocenters. The van der Waals surface area contributed by atoms with E-state index in [4.69, 9.17) is 37.2 Å². The summed E-state index contributed by atoms with van der Waals surface area (Å²) in [5.41, 5.74) is -1.75. The number of halogens is 2. The molecule has 3 rings (SSSR count). The van der Waals surface area contributed by atoms with Crippen molar-refractivity contribution in [3.8, 4) is 0 Å². The molecule has 2 heterocycles. The molecule has 0 aromatic heterocycles. The molecular formula is C22H27BCl2N3O8-. The maximum absolute atomic E-state index is 12.9. The van der Waals surface area contributed by atoms with E-state index in [1.807, 2.05) is 13.8 Å². The molecule has 3 atom stereocenters. The van der Waals surface area contributed by atoms with E-state index in [-0.39, 0.29) is 22.9 Å². The Morgan fingerprint density at radius 1 is 1.17 bits per heavy atom. The van der Waals surface area contributed by atoms with Crippen molar-refractivity contribution in [1.82, 2.24) is 15.5 Å². The number of carbonyl (C=O) groups is 5. The van der Waals surface area contributed by atoms with Crippen LogP contribution in [0.25, 0.3) is 0 Å². The molecule has 0 aliphatic carbocycles. The van der Waals surface area contributed by atoms with Gasteiger partial charge in [-0.2, -0.15) is 0 Å². The average Bonchev–Trinajstić information content (AvgIpc) is 2.98. The monoisotopic (exact) mass is 542 g/mol. The minimum Gasteiger partial charge on any atom is -0.632 e. The van der Waals surface area contributed by atoms with Gasteiger partial charge in [-0.3, -0.25) is 24.0 Å². The molecule has 2 saturated heterocycles. The lowest BCUT2D eigenvalue weighted by atomic mass is 9.64. The first-order valence-corrected chi connectivity index (χ1v) is 12.0. The van der Waals surface area contributed by atoms with Crippen LogP contribution in [0.3, 0.4) is 0 Å². The predicted molar refractivity (Wildman–Crippen MR) is 130 cm³/mol. The lowest BCUT2D eigenvalue weighted by molar-refractivity contribution is -0.158. The summed E-state index contributed by atoms with van der Waals surface area (Å²) in [6, 6.07) is 4.34. The molecule has 2 aliphatic heterocycles. The second-order valence-corrected chi connectivity index (χ2v) is 10.3. The molecule has 3 amide bonds. The van der Waals surface area contributed by atoms with Crippen molar-refractivity contribution in [2.24, 2.45) is 5.92 Å². The molecule has 0 saturated carbocycles. The number of benzene rings is 1. The number of hydrogen-bond acceptors (Lipinski definition) is 8. The molecule has 0 spiro atoms. The second kappa shape index (κ2) is 10.7.